The molecule has 0 saturated heterocycles. The van der Waals surface area contributed by atoms with Crippen molar-refractivity contribution in [2.45, 2.75) is 156 Å². The van der Waals surface area contributed by atoms with Crippen LogP contribution in [0, 0.1) is 6.92 Å². The van der Waals surface area contributed by atoms with Gasteiger partial charge >= 0.3 is 0 Å². The molecular weight excluding hydrogens is 918 g/mol. The van der Waals surface area contributed by atoms with E-state index in [1.165, 1.54) is 107 Å². The molecule has 8 aromatic carbocycles. The molecular formula is C72H78BN3. The molecule has 0 spiro atoms. The molecule has 2 aliphatic heterocycles. The molecule has 2 heterocycles. The van der Waals surface area contributed by atoms with Crippen LogP contribution in [-0.4, -0.2) is 6.71 Å². The fraction of sp³-hybridized carbons (Fsp3) is 0.333. The van der Waals surface area contributed by atoms with Crippen molar-refractivity contribution in [2.24, 2.45) is 0 Å². The maximum atomic E-state index is 2.71. The number of anilines is 9. The normalized spacial score (nSPS) is 17.3. The third kappa shape index (κ3) is 7.98. The highest BCUT2D eigenvalue weighted by Gasteiger charge is 2.49. The molecule has 0 N–H and O–H groups in total. The molecule has 12 rings (SSSR count). The number of para-hydroxylation sites is 2. The van der Waals surface area contributed by atoms with Crippen molar-refractivity contribution < 1.29 is 0 Å². The van der Waals surface area contributed by atoms with E-state index in [1.807, 2.05) is 0 Å². The number of nitrogens with zero attached hydrogens (tertiary/aromatic N) is 3. The van der Waals surface area contributed by atoms with E-state index >= 15 is 0 Å². The summed E-state index contributed by atoms with van der Waals surface area (Å²) in [5.41, 5.74) is 27.2. The first-order valence-electron chi connectivity index (χ1n) is 28.2. The number of hydrogen-bond acceptors (Lipinski definition) is 3. The predicted molar refractivity (Wildman–Crippen MR) is 329 cm³/mol. The highest BCUT2D eigenvalue weighted by atomic mass is 15.2. The summed E-state index contributed by atoms with van der Waals surface area (Å²) in [5, 5.41) is 0. The van der Waals surface area contributed by atoms with Crippen LogP contribution in [0.5, 0.6) is 0 Å². The topological polar surface area (TPSA) is 9.72 Å². The van der Waals surface area contributed by atoms with Crippen LogP contribution in [0.3, 0.4) is 0 Å². The molecule has 3 nitrogen and oxygen atoms in total. The summed E-state index contributed by atoms with van der Waals surface area (Å²) >= 11 is 0. The first-order chi connectivity index (χ1) is 35.8. The Morgan fingerprint density at radius 2 is 0.855 bits per heavy atom. The number of fused-ring (bicyclic) bond motifs is 6. The Hall–Kier alpha value is -6.78. The molecule has 8 aromatic rings. The summed E-state index contributed by atoms with van der Waals surface area (Å²) in [6, 6.07) is 63.6. The Balaban J connectivity index is 1.28. The van der Waals surface area contributed by atoms with Gasteiger partial charge in [0, 0.05) is 45.4 Å². The molecule has 384 valence electrons. The molecule has 0 radical (unpaired) electrons. The maximum absolute atomic E-state index is 2.71. The minimum absolute atomic E-state index is 0.00129. The summed E-state index contributed by atoms with van der Waals surface area (Å²) in [4.78, 5) is 7.89. The minimum Gasteiger partial charge on any atom is -0.311 e. The van der Waals surface area contributed by atoms with Crippen LogP contribution in [-0.2, 0) is 32.5 Å². The molecule has 76 heavy (non-hydrogen) atoms. The van der Waals surface area contributed by atoms with E-state index in [0.29, 0.717) is 0 Å². The van der Waals surface area contributed by atoms with Crippen molar-refractivity contribution >= 4 is 74.3 Å². The van der Waals surface area contributed by atoms with Gasteiger partial charge in [-0.1, -0.05) is 194 Å². The quantitative estimate of drug-likeness (QED) is 0.154. The van der Waals surface area contributed by atoms with Crippen LogP contribution in [0.1, 0.15) is 155 Å². The van der Waals surface area contributed by atoms with Gasteiger partial charge < -0.3 is 14.7 Å². The van der Waals surface area contributed by atoms with Crippen molar-refractivity contribution in [3.05, 3.63) is 203 Å². The Kier molecular flexibility index (Phi) is 11.3. The van der Waals surface area contributed by atoms with E-state index in [2.05, 4.69) is 282 Å². The van der Waals surface area contributed by atoms with Crippen LogP contribution >= 0.6 is 0 Å². The summed E-state index contributed by atoms with van der Waals surface area (Å²) in [5.74, 6) is 0. The number of benzene rings is 8. The largest absolute Gasteiger partial charge is 0.311 e. The van der Waals surface area contributed by atoms with Crippen molar-refractivity contribution in [1.29, 1.82) is 0 Å². The van der Waals surface area contributed by atoms with E-state index in [4.69, 9.17) is 0 Å². The van der Waals surface area contributed by atoms with E-state index in [1.54, 1.807) is 0 Å². The van der Waals surface area contributed by atoms with Gasteiger partial charge in [-0.05, 0) is 186 Å². The summed E-state index contributed by atoms with van der Waals surface area (Å²) in [7, 11) is 0. The molecule has 0 fully saturated rings. The first kappa shape index (κ1) is 50.1. The van der Waals surface area contributed by atoms with Gasteiger partial charge in [0.05, 0.1) is 11.4 Å². The van der Waals surface area contributed by atoms with Crippen LogP contribution in [0.25, 0.3) is 11.1 Å². The SMILES string of the molecule is Cc1cc2c(cc1N1c3ccc(C(C)(C)C)cc3B3c4cc5c(cc4N(c4ccc(C(C)(C)C)cc4-c4ccccc4)c4cc(N(c6ccccc6)c6ccccc6)cc1c43)C(C)(C)CC5(C)C)C(C)(C)CCC2(C)C. The second-order valence-electron chi connectivity index (χ2n) is 27.7. The van der Waals surface area contributed by atoms with Gasteiger partial charge in [0.15, 0.2) is 0 Å². The molecule has 0 unspecified atom stereocenters. The zero-order valence-corrected chi connectivity index (χ0v) is 48.1. The van der Waals surface area contributed by atoms with Crippen molar-refractivity contribution in [2.75, 3.05) is 14.7 Å². The third-order valence-electron chi connectivity index (χ3n) is 18.3. The van der Waals surface area contributed by atoms with Gasteiger partial charge in [0.25, 0.3) is 6.71 Å². The highest BCUT2D eigenvalue weighted by molar-refractivity contribution is 7.00. The lowest BCUT2D eigenvalue weighted by Crippen LogP contribution is -2.62. The Morgan fingerprint density at radius 3 is 1.41 bits per heavy atom. The number of aryl methyl sites for hydroxylation is 1. The first-order valence-corrected chi connectivity index (χ1v) is 28.2. The summed E-state index contributed by atoms with van der Waals surface area (Å²) < 4.78 is 0. The molecule has 0 aromatic heterocycles. The van der Waals surface area contributed by atoms with E-state index in [9.17, 15) is 0 Å². The minimum atomic E-state index is -0.0666. The molecule has 0 amide bonds. The van der Waals surface area contributed by atoms with Crippen molar-refractivity contribution in [1.82, 2.24) is 0 Å². The molecule has 0 bridgehead atoms. The highest BCUT2D eigenvalue weighted by Crippen LogP contribution is 2.56. The van der Waals surface area contributed by atoms with Gasteiger partial charge in [-0.25, -0.2) is 0 Å². The number of hydrogen-bond donors (Lipinski definition) is 0. The Labute approximate surface area is 456 Å². The monoisotopic (exact) mass is 996 g/mol. The average molecular weight is 996 g/mol. The van der Waals surface area contributed by atoms with Gasteiger partial charge in [0.2, 0.25) is 0 Å². The van der Waals surface area contributed by atoms with Gasteiger partial charge in [0.1, 0.15) is 0 Å². The van der Waals surface area contributed by atoms with Crippen LogP contribution in [0.4, 0.5) is 51.2 Å². The summed E-state index contributed by atoms with van der Waals surface area (Å²) in [6.45, 7) is 36.3. The predicted octanol–water partition coefficient (Wildman–Crippen LogP) is 18.1. The zero-order chi connectivity index (χ0) is 53.6. The smallest absolute Gasteiger partial charge is 0.252 e. The van der Waals surface area contributed by atoms with Gasteiger partial charge in [-0.3, -0.25) is 0 Å². The van der Waals surface area contributed by atoms with E-state index in [0.717, 1.165) is 29.9 Å². The Bertz CT molecular complexity index is 3570. The lowest BCUT2D eigenvalue weighted by molar-refractivity contribution is 0.332. The van der Waals surface area contributed by atoms with Crippen LogP contribution in [0.2, 0.25) is 0 Å². The van der Waals surface area contributed by atoms with Gasteiger partial charge in [-0.15, -0.1) is 0 Å². The fourth-order valence-corrected chi connectivity index (χ4v) is 14.2. The molecule has 2 aliphatic carbocycles. The molecule has 0 atom stereocenters. The number of rotatable bonds is 6. The average Bonchev–Trinajstić information content (AvgIpc) is 3.69. The lowest BCUT2D eigenvalue weighted by Gasteiger charge is -2.47. The fourth-order valence-electron chi connectivity index (χ4n) is 14.2. The standard InChI is InChI=1S/C72H78BN3/c1-46-37-54-56(70(10,11)36-35-69(54,8)9)43-62(46)76-61-34-32-49(68(5,6)7)39-58(61)73-59-42-55-57(72(14,15)45-71(55,12)13)44-63(59)75(60-33-31-48(67(2,3)4)38-53(60)47-25-19-16-20-26-47)64-40-52(41-65(76)66(64)73)74(50-27-21-17-22-28-50)51-29-23-18-24-30-51/h16-34,37-44H,35-36,45H2,1-15H3. The molecule has 4 aliphatic rings. The lowest BCUT2D eigenvalue weighted by atomic mass is 9.33. The van der Waals surface area contributed by atoms with Crippen LogP contribution < -0.4 is 31.1 Å². The van der Waals surface area contributed by atoms with Crippen molar-refractivity contribution in [3.63, 3.8) is 0 Å². The zero-order valence-electron chi connectivity index (χ0n) is 48.1. The van der Waals surface area contributed by atoms with Crippen LogP contribution in [0.15, 0.2) is 164 Å². The van der Waals surface area contributed by atoms with E-state index in [-0.39, 0.29) is 39.2 Å². The third-order valence-corrected chi connectivity index (χ3v) is 18.3. The molecule has 0 saturated carbocycles. The summed E-state index contributed by atoms with van der Waals surface area (Å²) in [6.07, 6.45) is 3.42. The second kappa shape index (κ2) is 17.1. The van der Waals surface area contributed by atoms with E-state index < -0.39 is 0 Å². The van der Waals surface area contributed by atoms with Crippen molar-refractivity contribution in [3.8, 4) is 11.1 Å². The second-order valence-corrected chi connectivity index (χ2v) is 27.7. The Morgan fingerprint density at radius 1 is 0.408 bits per heavy atom. The maximum Gasteiger partial charge on any atom is 0.252 e. The molecule has 4 heteroatoms. The van der Waals surface area contributed by atoms with Gasteiger partial charge in [-0.2, -0.15) is 0 Å².